The Morgan fingerprint density at radius 3 is 2.50 bits per heavy atom. The van der Waals surface area contributed by atoms with Gasteiger partial charge in [0, 0.05) is 6.61 Å². The zero-order valence-corrected chi connectivity index (χ0v) is 11.4. The number of hydrogen-bond donors (Lipinski definition) is 1. The first-order valence-electron chi connectivity index (χ1n) is 7.07. The second-order valence-corrected chi connectivity index (χ2v) is 7.08. The predicted octanol–water partition coefficient (Wildman–Crippen LogP) is 3.71. The van der Waals surface area contributed by atoms with Crippen LogP contribution in [-0.2, 0) is 0 Å². The summed E-state index contributed by atoms with van der Waals surface area (Å²) in [5.41, 5.74) is 0.624. The summed E-state index contributed by atoms with van der Waals surface area (Å²) in [6.45, 7) is 9.93. The van der Waals surface area contributed by atoms with E-state index in [0.29, 0.717) is 17.9 Å². The van der Waals surface area contributed by atoms with Gasteiger partial charge in [-0.25, -0.2) is 0 Å². The molecule has 2 bridgehead atoms. The monoisotopic (exact) mass is 224 g/mol. The zero-order valence-electron chi connectivity index (χ0n) is 11.4. The molecule has 1 heteroatoms. The second-order valence-electron chi connectivity index (χ2n) is 7.08. The van der Waals surface area contributed by atoms with Crippen molar-refractivity contribution in [2.24, 2.45) is 35.0 Å². The maximum Gasteiger partial charge on any atom is 0.0456 e. The highest BCUT2D eigenvalue weighted by atomic mass is 16.3. The summed E-state index contributed by atoms with van der Waals surface area (Å²) in [5.74, 6) is 4.30. The van der Waals surface area contributed by atoms with E-state index in [2.05, 4.69) is 27.7 Å². The Balaban J connectivity index is 1.86. The largest absolute Gasteiger partial charge is 0.396 e. The van der Waals surface area contributed by atoms with Gasteiger partial charge in [-0.15, -0.1) is 0 Å². The van der Waals surface area contributed by atoms with E-state index in [1.807, 2.05) is 0 Å². The van der Waals surface area contributed by atoms with Crippen LogP contribution in [0.25, 0.3) is 0 Å². The molecule has 0 aliphatic heterocycles. The van der Waals surface area contributed by atoms with E-state index in [-0.39, 0.29) is 0 Å². The molecule has 94 valence electrons. The third kappa shape index (κ3) is 1.92. The maximum absolute atomic E-state index is 9.07. The van der Waals surface area contributed by atoms with E-state index >= 15 is 0 Å². The highest BCUT2D eigenvalue weighted by Gasteiger charge is 2.55. The van der Waals surface area contributed by atoms with E-state index in [0.717, 1.165) is 23.7 Å². The topological polar surface area (TPSA) is 20.2 Å². The van der Waals surface area contributed by atoms with Crippen molar-refractivity contribution in [3.05, 3.63) is 0 Å². The minimum Gasteiger partial charge on any atom is -0.396 e. The summed E-state index contributed by atoms with van der Waals surface area (Å²) in [7, 11) is 0. The van der Waals surface area contributed by atoms with Crippen LogP contribution in [0.5, 0.6) is 0 Å². The number of fused-ring (bicyclic) bond motifs is 2. The third-order valence-electron chi connectivity index (χ3n) is 5.85. The minimum absolute atomic E-state index is 0.361. The average Bonchev–Trinajstić information content (AvgIpc) is 2.26. The van der Waals surface area contributed by atoms with Crippen molar-refractivity contribution >= 4 is 0 Å². The van der Waals surface area contributed by atoms with Crippen LogP contribution in [-0.4, -0.2) is 11.7 Å². The Kier molecular flexibility index (Phi) is 3.36. The molecule has 0 heterocycles. The van der Waals surface area contributed by atoms with Crippen LogP contribution in [0.2, 0.25) is 0 Å². The highest BCUT2D eigenvalue weighted by Crippen LogP contribution is 2.63. The molecular weight excluding hydrogens is 196 g/mol. The molecule has 5 atom stereocenters. The van der Waals surface area contributed by atoms with Crippen molar-refractivity contribution in [3.63, 3.8) is 0 Å². The fraction of sp³-hybridized carbons (Fsp3) is 1.00. The molecule has 0 aromatic carbocycles. The van der Waals surface area contributed by atoms with Gasteiger partial charge < -0.3 is 5.11 Å². The molecule has 3 aliphatic carbocycles. The highest BCUT2D eigenvalue weighted by molar-refractivity contribution is 5.04. The van der Waals surface area contributed by atoms with Crippen molar-refractivity contribution in [1.82, 2.24) is 0 Å². The quantitative estimate of drug-likeness (QED) is 0.771. The van der Waals surface area contributed by atoms with E-state index < -0.39 is 0 Å². The second kappa shape index (κ2) is 4.33. The first-order chi connectivity index (χ1) is 7.46. The van der Waals surface area contributed by atoms with Gasteiger partial charge in [0.1, 0.15) is 0 Å². The minimum atomic E-state index is 0.361. The van der Waals surface area contributed by atoms with Crippen molar-refractivity contribution in [2.75, 3.05) is 6.61 Å². The Morgan fingerprint density at radius 2 is 2.00 bits per heavy atom. The number of rotatable bonds is 4. The van der Waals surface area contributed by atoms with Gasteiger partial charge in [0.2, 0.25) is 0 Å². The Bertz CT molecular complexity index is 246. The fourth-order valence-electron chi connectivity index (χ4n) is 4.23. The van der Waals surface area contributed by atoms with Crippen LogP contribution >= 0.6 is 0 Å². The zero-order chi connectivity index (χ0) is 11.9. The summed E-state index contributed by atoms with van der Waals surface area (Å²) >= 11 is 0. The van der Waals surface area contributed by atoms with Gasteiger partial charge in [-0.2, -0.15) is 0 Å². The molecule has 0 aromatic heterocycles. The molecule has 16 heavy (non-hydrogen) atoms. The SMILES string of the molecule is C[C@@H](CO)CC[C@H]1C[C@H]2C[C@@H]([C@@H]1C)C2(C)C. The molecule has 0 amide bonds. The van der Waals surface area contributed by atoms with Crippen LogP contribution in [0.3, 0.4) is 0 Å². The van der Waals surface area contributed by atoms with Gasteiger partial charge in [0.15, 0.2) is 0 Å². The van der Waals surface area contributed by atoms with E-state index in [9.17, 15) is 0 Å². The van der Waals surface area contributed by atoms with Crippen LogP contribution in [0, 0.1) is 35.0 Å². The van der Waals surface area contributed by atoms with Crippen molar-refractivity contribution < 1.29 is 5.11 Å². The average molecular weight is 224 g/mol. The molecule has 0 saturated heterocycles. The normalized spacial score (nSPS) is 42.6. The summed E-state index contributed by atoms with van der Waals surface area (Å²) in [6.07, 6.45) is 5.49. The van der Waals surface area contributed by atoms with Crippen molar-refractivity contribution in [2.45, 2.75) is 53.4 Å². The molecule has 1 N–H and O–H groups in total. The lowest BCUT2D eigenvalue weighted by atomic mass is 9.43. The lowest BCUT2D eigenvalue weighted by molar-refractivity contribution is -0.130. The lowest BCUT2D eigenvalue weighted by Crippen LogP contribution is -2.54. The fourth-order valence-corrected chi connectivity index (χ4v) is 4.23. The molecule has 3 aliphatic rings. The summed E-state index contributed by atoms with van der Waals surface area (Å²) in [6, 6.07) is 0. The molecule has 0 aromatic rings. The van der Waals surface area contributed by atoms with E-state index in [1.54, 1.807) is 0 Å². The molecule has 0 spiro atoms. The summed E-state index contributed by atoms with van der Waals surface area (Å²) < 4.78 is 0. The van der Waals surface area contributed by atoms with Gasteiger partial charge in [0.05, 0.1) is 0 Å². The van der Waals surface area contributed by atoms with Gasteiger partial charge in [0.25, 0.3) is 0 Å². The molecular formula is C15H28O. The molecule has 0 unspecified atom stereocenters. The van der Waals surface area contributed by atoms with Crippen LogP contribution in [0.15, 0.2) is 0 Å². The van der Waals surface area contributed by atoms with Crippen molar-refractivity contribution in [3.8, 4) is 0 Å². The third-order valence-corrected chi connectivity index (χ3v) is 5.85. The molecule has 3 rings (SSSR count). The van der Waals surface area contributed by atoms with Gasteiger partial charge in [-0.05, 0) is 60.7 Å². The first-order valence-corrected chi connectivity index (χ1v) is 7.07. The van der Waals surface area contributed by atoms with E-state index in [4.69, 9.17) is 5.11 Å². The Hall–Kier alpha value is -0.0400. The van der Waals surface area contributed by atoms with Gasteiger partial charge in [-0.1, -0.05) is 27.7 Å². The van der Waals surface area contributed by atoms with Crippen molar-refractivity contribution in [1.29, 1.82) is 0 Å². The van der Waals surface area contributed by atoms with Crippen LogP contribution < -0.4 is 0 Å². The number of aliphatic hydroxyl groups is 1. The Labute approximate surface area is 101 Å². The molecule has 3 saturated carbocycles. The Morgan fingerprint density at radius 1 is 1.31 bits per heavy atom. The van der Waals surface area contributed by atoms with Crippen LogP contribution in [0.4, 0.5) is 0 Å². The molecule has 3 fully saturated rings. The number of hydrogen-bond acceptors (Lipinski definition) is 1. The first kappa shape index (κ1) is 12.4. The smallest absolute Gasteiger partial charge is 0.0456 e. The van der Waals surface area contributed by atoms with Crippen LogP contribution in [0.1, 0.15) is 53.4 Å². The molecule has 0 radical (unpaired) electrons. The van der Waals surface area contributed by atoms with Gasteiger partial charge in [-0.3, -0.25) is 0 Å². The molecule has 1 nitrogen and oxygen atoms in total. The predicted molar refractivity (Wildman–Crippen MR) is 68.1 cm³/mol. The van der Waals surface area contributed by atoms with E-state index in [1.165, 1.54) is 25.7 Å². The standard InChI is InChI=1S/C15H28O/c1-10(9-16)5-6-12-7-13-8-14(11(12)2)15(13,3)4/h10-14,16H,5-9H2,1-4H3/t10-,11-,12+,13+,14+/m1/s1. The number of aliphatic hydroxyl groups excluding tert-OH is 1. The maximum atomic E-state index is 9.07. The summed E-state index contributed by atoms with van der Waals surface area (Å²) in [5, 5.41) is 9.07. The summed E-state index contributed by atoms with van der Waals surface area (Å²) in [4.78, 5) is 0. The van der Waals surface area contributed by atoms with Gasteiger partial charge >= 0.3 is 0 Å². The lowest BCUT2D eigenvalue weighted by Gasteiger charge is -2.62.